The van der Waals surface area contributed by atoms with E-state index in [1.54, 1.807) is 0 Å². The molecule has 1 heteroatoms. The fourth-order valence-electron chi connectivity index (χ4n) is 2.99. The summed E-state index contributed by atoms with van der Waals surface area (Å²) < 4.78 is 0. The highest BCUT2D eigenvalue weighted by molar-refractivity contribution is 5.85. The van der Waals surface area contributed by atoms with Gasteiger partial charge in [0.05, 0.1) is 0 Å². The average molecular weight is 297 g/mol. The third-order valence-electron chi connectivity index (χ3n) is 4.43. The first-order chi connectivity index (χ1) is 9.89. The van der Waals surface area contributed by atoms with Crippen molar-refractivity contribution < 1.29 is 4.79 Å². The van der Waals surface area contributed by atoms with Gasteiger partial charge in [-0.25, -0.2) is 0 Å². The largest absolute Gasteiger partial charge is 0.299 e. The molecule has 0 aromatic heterocycles. The van der Waals surface area contributed by atoms with E-state index in [0.717, 1.165) is 6.42 Å². The molecular formula is C20H40O. The second-order valence-corrected chi connectivity index (χ2v) is 7.84. The molecule has 0 rings (SSSR count). The van der Waals surface area contributed by atoms with E-state index >= 15 is 0 Å². The van der Waals surface area contributed by atoms with E-state index < -0.39 is 0 Å². The highest BCUT2D eigenvalue weighted by atomic mass is 16.1. The van der Waals surface area contributed by atoms with Gasteiger partial charge in [0.15, 0.2) is 0 Å². The maximum atomic E-state index is 12.1. The molecule has 1 nitrogen and oxygen atoms in total. The van der Waals surface area contributed by atoms with E-state index in [0.29, 0.717) is 5.78 Å². The Bertz CT molecular complexity index is 249. The van der Waals surface area contributed by atoms with E-state index in [2.05, 4.69) is 13.8 Å². The number of hydrogen-bond acceptors (Lipinski definition) is 1. The molecule has 0 aliphatic carbocycles. The Kier molecular flexibility index (Phi) is 12.0. The quantitative estimate of drug-likeness (QED) is 0.336. The summed E-state index contributed by atoms with van der Waals surface area (Å²) in [5.41, 5.74) is -0.169. The van der Waals surface area contributed by atoms with Gasteiger partial charge in [-0.3, -0.25) is 4.79 Å². The topological polar surface area (TPSA) is 17.1 Å². The molecule has 0 aliphatic rings. The minimum absolute atomic E-state index is 0.169. The summed E-state index contributed by atoms with van der Waals surface area (Å²) in [5, 5.41) is 0. The van der Waals surface area contributed by atoms with Gasteiger partial charge in [-0.2, -0.15) is 0 Å². The average Bonchev–Trinajstić information content (AvgIpc) is 2.42. The van der Waals surface area contributed by atoms with Crippen LogP contribution in [0.25, 0.3) is 0 Å². The predicted molar refractivity (Wildman–Crippen MR) is 94.7 cm³/mol. The summed E-state index contributed by atoms with van der Waals surface area (Å²) in [6.45, 7) is 10.5. The Morgan fingerprint density at radius 1 is 0.762 bits per heavy atom. The molecule has 0 aromatic rings. The molecule has 0 fully saturated rings. The molecule has 1 unspecified atom stereocenters. The molecule has 0 aliphatic heterocycles. The summed E-state index contributed by atoms with van der Waals surface area (Å²) in [7, 11) is 0. The number of carbonyl (C=O) groups is 1. The maximum Gasteiger partial charge on any atom is 0.140 e. The number of unbranched alkanes of at least 4 members (excludes halogenated alkanes) is 10. The van der Waals surface area contributed by atoms with Gasteiger partial charge in [0, 0.05) is 11.3 Å². The summed E-state index contributed by atoms with van der Waals surface area (Å²) in [6, 6.07) is 0. The van der Waals surface area contributed by atoms with Crippen LogP contribution in [0.3, 0.4) is 0 Å². The second kappa shape index (κ2) is 12.2. The number of rotatable bonds is 13. The third-order valence-corrected chi connectivity index (χ3v) is 4.43. The van der Waals surface area contributed by atoms with Gasteiger partial charge in [-0.15, -0.1) is 0 Å². The van der Waals surface area contributed by atoms with Crippen LogP contribution in [0, 0.1) is 11.3 Å². The monoisotopic (exact) mass is 296 g/mol. The SMILES string of the molecule is CCCCCCCCCCCCCC(C)C(=O)C(C)(C)C. The van der Waals surface area contributed by atoms with Gasteiger partial charge in [0.25, 0.3) is 0 Å². The van der Waals surface area contributed by atoms with Crippen molar-refractivity contribution in [3.8, 4) is 0 Å². The van der Waals surface area contributed by atoms with Crippen LogP contribution in [0.15, 0.2) is 0 Å². The van der Waals surface area contributed by atoms with Gasteiger partial charge in [0.2, 0.25) is 0 Å². The molecule has 0 bridgehead atoms. The molecule has 0 saturated heterocycles. The maximum absolute atomic E-state index is 12.1. The number of carbonyl (C=O) groups excluding carboxylic acids is 1. The minimum atomic E-state index is -0.169. The van der Waals surface area contributed by atoms with Crippen LogP contribution in [-0.2, 0) is 4.79 Å². The molecule has 1 atom stereocenters. The third kappa shape index (κ3) is 12.0. The van der Waals surface area contributed by atoms with Gasteiger partial charge >= 0.3 is 0 Å². The lowest BCUT2D eigenvalue weighted by atomic mass is 9.82. The molecule has 0 saturated carbocycles. The van der Waals surface area contributed by atoms with Crippen LogP contribution in [0.5, 0.6) is 0 Å². The van der Waals surface area contributed by atoms with Crippen molar-refractivity contribution in [1.82, 2.24) is 0 Å². The molecule has 21 heavy (non-hydrogen) atoms. The number of Topliss-reactive ketones (excluding diaryl/α,β-unsaturated/α-hetero) is 1. The summed E-state index contributed by atoms with van der Waals surface area (Å²) >= 11 is 0. The zero-order valence-corrected chi connectivity index (χ0v) is 15.5. The lowest BCUT2D eigenvalue weighted by Gasteiger charge is -2.21. The van der Waals surface area contributed by atoms with Gasteiger partial charge in [0.1, 0.15) is 5.78 Å². The van der Waals surface area contributed by atoms with Gasteiger partial charge in [-0.1, -0.05) is 105 Å². The number of hydrogen-bond donors (Lipinski definition) is 0. The number of ketones is 1. The Hall–Kier alpha value is -0.330. The molecule has 0 amide bonds. The Labute approximate surface area is 134 Å². The van der Waals surface area contributed by atoms with Gasteiger partial charge < -0.3 is 0 Å². The molecule has 0 heterocycles. The van der Waals surface area contributed by atoms with E-state index in [9.17, 15) is 4.79 Å². The van der Waals surface area contributed by atoms with Crippen LogP contribution < -0.4 is 0 Å². The van der Waals surface area contributed by atoms with Gasteiger partial charge in [-0.05, 0) is 6.42 Å². The van der Waals surface area contributed by atoms with Crippen LogP contribution in [0.2, 0.25) is 0 Å². The zero-order chi connectivity index (χ0) is 16.1. The predicted octanol–water partition coefficient (Wildman–Crippen LogP) is 6.94. The summed E-state index contributed by atoms with van der Waals surface area (Å²) in [4.78, 5) is 12.1. The summed E-state index contributed by atoms with van der Waals surface area (Å²) in [5.74, 6) is 0.665. The smallest absolute Gasteiger partial charge is 0.140 e. The van der Waals surface area contributed by atoms with Crippen molar-refractivity contribution in [1.29, 1.82) is 0 Å². The lowest BCUT2D eigenvalue weighted by Crippen LogP contribution is -2.26. The van der Waals surface area contributed by atoms with Crippen molar-refractivity contribution in [2.75, 3.05) is 0 Å². The van der Waals surface area contributed by atoms with E-state index in [1.165, 1.54) is 70.6 Å². The molecule has 0 radical (unpaired) electrons. The fraction of sp³-hybridized carbons (Fsp3) is 0.950. The summed E-state index contributed by atoms with van der Waals surface area (Å²) in [6.07, 6.45) is 16.2. The highest BCUT2D eigenvalue weighted by Crippen LogP contribution is 2.23. The second-order valence-electron chi connectivity index (χ2n) is 7.84. The molecule has 0 N–H and O–H groups in total. The molecule has 126 valence electrons. The standard InChI is InChI=1S/C20H40O/c1-6-7-8-9-10-11-12-13-14-15-16-17-18(2)19(21)20(3,4)5/h18H,6-17H2,1-5H3. The molecule has 0 spiro atoms. The van der Waals surface area contributed by atoms with Crippen molar-refractivity contribution >= 4 is 5.78 Å². The van der Waals surface area contributed by atoms with Crippen molar-refractivity contribution in [3.63, 3.8) is 0 Å². The Morgan fingerprint density at radius 3 is 1.52 bits per heavy atom. The van der Waals surface area contributed by atoms with Crippen molar-refractivity contribution in [3.05, 3.63) is 0 Å². The Balaban J connectivity index is 3.35. The normalized spacial score (nSPS) is 13.4. The highest BCUT2D eigenvalue weighted by Gasteiger charge is 2.25. The minimum Gasteiger partial charge on any atom is -0.299 e. The van der Waals surface area contributed by atoms with Crippen LogP contribution in [0.4, 0.5) is 0 Å². The van der Waals surface area contributed by atoms with E-state index in [1.807, 2.05) is 20.8 Å². The van der Waals surface area contributed by atoms with Crippen LogP contribution in [-0.4, -0.2) is 5.78 Å². The van der Waals surface area contributed by atoms with E-state index in [4.69, 9.17) is 0 Å². The van der Waals surface area contributed by atoms with Crippen molar-refractivity contribution in [2.45, 2.75) is 112 Å². The van der Waals surface area contributed by atoms with Crippen LogP contribution >= 0.6 is 0 Å². The molecule has 0 aromatic carbocycles. The first-order valence-corrected chi connectivity index (χ1v) is 9.44. The van der Waals surface area contributed by atoms with Crippen LogP contribution in [0.1, 0.15) is 112 Å². The lowest BCUT2D eigenvalue weighted by molar-refractivity contribution is -0.130. The van der Waals surface area contributed by atoms with E-state index in [-0.39, 0.29) is 11.3 Å². The Morgan fingerprint density at radius 2 is 1.14 bits per heavy atom. The zero-order valence-electron chi connectivity index (χ0n) is 15.5. The first-order valence-electron chi connectivity index (χ1n) is 9.44. The fourth-order valence-corrected chi connectivity index (χ4v) is 2.99. The molecular weight excluding hydrogens is 256 g/mol. The first kappa shape index (κ1) is 20.7. The van der Waals surface area contributed by atoms with Crippen molar-refractivity contribution in [2.24, 2.45) is 11.3 Å².